The zero-order valence-corrected chi connectivity index (χ0v) is 11.2. The molecule has 0 aliphatic rings. The van der Waals surface area contributed by atoms with Crippen molar-refractivity contribution in [1.29, 1.82) is 0 Å². The average Bonchev–Trinajstić information content (AvgIpc) is 2.51. The number of hydrogen-bond acceptors (Lipinski definition) is 1. The molecule has 0 saturated heterocycles. The number of aromatic nitrogens is 1. The van der Waals surface area contributed by atoms with E-state index in [0.717, 1.165) is 6.42 Å². The molecule has 92 valence electrons. The number of nitrogens with two attached hydrogens (primary N) is 1. The van der Waals surface area contributed by atoms with Crippen LogP contribution in [0.15, 0.2) is 24.3 Å². The molecule has 17 heavy (non-hydrogen) atoms. The van der Waals surface area contributed by atoms with E-state index in [2.05, 4.69) is 56.7 Å². The van der Waals surface area contributed by atoms with Gasteiger partial charge >= 0.3 is 0 Å². The van der Waals surface area contributed by atoms with Gasteiger partial charge in [-0.05, 0) is 30.9 Å². The maximum atomic E-state index is 6.36. The predicted molar refractivity (Wildman–Crippen MR) is 74.0 cm³/mol. The molecule has 2 nitrogen and oxygen atoms in total. The number of hydrogen-bond donors (Lipinski definition) is 1. The Morgan fingerprint density at radius 1 is 1.24 bits per heavy atom. The third kappa shape index (κ3) is 2.09. The molecular formula is C15H22N2. The van der Waals surface area contributed by atoms with Gasteiger partial charge in [0.2, 0.25) is 0 Å². The topological polar surface area (TPSA) is 30.9 Å². The summed E-state index contributed by atoms with van der Waals surface area (Å²) in [5.74, 6) is 0.628. The molecule has 0 aliphatic carbocycles. The van der Waals surface area contributed by atoms with Crippen LogP contribution in [-0.4, -0.2) is 4.57 Å². The number of benzene rings is 1. The van der Waals surface area contributed by atoms with Gasteiger partial charge in [0.15, 0.2) is 0 Å². The second-order valence-corrected chi connectivity index (χ2v) is 5.31. The zero-order chi connectivity index (χ0) is 12.6. The minimum absolute atomic E-state index is 0.140. The van der Waals surface area contributed by atoms with Crippen LogP contribution in [0.2, 0.25) is 0 Å². The van der Waals surface area contributed by atoms with Crippen LogP contribution in [0.25, 0.3) is 10.9 Å². The maximum Gasteiger partial charge on any atom is 0.0483 e. The van der Waals surface area contributed by atoms with E-state index in [0.29, 0.717) is 5.92 Å². The smallest absolute Gasteiger partial charge is 0.0483 e. The van der Waals surface area contributed by atoms with Crippen LogP contribution in [0.1, 0.15) is 37.6 Å². The molecule has 0 amide bonds. The lowest BCUT2D eigenvalue weighted by molar-refractivity contribution is 0.509. The predicted octanol–water partition coefficient (Wildman–Crippen LogP) is 3.53. The summed E-state index contributed by atoms with van der Waals surface area (Å²) in [5.41, 5.74) is 10.2. The standard InChI is InChI=1S/C15H22N2/c1-10(2)9-13(16)15-11(3)17(4)14-8-6-5-7-12(14)15/h5-8,10,13H,9,16H2,1-4H3. The molecule has 1 aromatic carbocycles. The van der Waals surface area contributed by atoms with Crippen molar-refractivity contribution in [3.05, 3.63) is 35.5 Å². The molecule has 1 atom stereocenters. The van der Waals surface area contributed by atoms with Gasteiger partial charge in [0, 0.05) is 29.7 Å². The van der Waals surface area contributed by atoms with E-state index in [1.807, 2.05) is 0 Å². The van der Waals surface area contributed by atoms with E-state index < -0.39 is 0 Å². The summed E-state index contributed by atoms with van der Waals surface area (Å²) >= 11 is 0. The van der Waals surface area contributed by atoms with Crippen molar-refractivity contribution in [3.63, 3.8) is 0 Å². The molecule has 2 rings (SSSR count). The van der Waals surface area contributed by atoms with Gasteiger partial charge in [-0.3, -0.25) is 0 Å². The highest BCUT2D eigenvalue weighted by atomic mass is 14.9. The van der Waals surface area contributed by atoms with E-state index in [1.165, 1.54) is 22.2 Å². The molecule has 0 radical (unpaired) electrons. The number of aryl methyl sites for hydroxylation is 1. The van der Waals surface area contributed by atoms with E-state index in [1.54, 1.807) is 0 Å². The normalized spacial score (nSPS) is 13.5. The minimum atomic E-state index is 0.140. The Hall–Kier alpha value is -1.28. The van der Waals surface area contributed by atoms with Crippen molar-refractivity contribution >= 4 is 10.9 Å². The molecule has 1 unspecified atom stereocenters. The first-order chi connectivity index (χ1) is 8.02. The Balaban J connectivity index is 2.56. The summed E-state index contributed by atoms with van der Waals surface area (Å²) in [7, 11) is 2.11. The van der Waals surface area contributed by atoms with E-state index in [-0.39, 0.29) is 6.04 Å². The molecule has 2 aromatic rings. The van der Waals surface area contributed by atoms with Gasteiger partial charge in [-0.15, -0.1) is 0 Å². The molecule has 1 aromatic heterocycles. The number of fused-ring (bicyclic) bond motifs is 1. The Morgan fingerprint density at radius 3 is 2.53 bits per heavy atom. The van der Waals surface area contributed by atoms with Gasteiger partial charge in [0.25, 0.3) is 0 Å². The van der Waals surface area contributed by atoms with Gasteiger partial charge in [0.05, 0.1) is 0 Å². The molecule has 2 N–H and O–H groups in total. The zero-order valence-electron chi connectivity index (χ0n) is 11.2. The van der Waals surface area contributed by atoms with Crippen molar-refractivity contribution in [1.82, 2.24) is 4.57 Å². The first kappa shape index (κ1) is 12.2. The summed E-state index contributed by atoms with van der Waals surface area (Å²) in [6, 6.07) is 8.65. The van der Waals surface area contributed by atoms with Crippen molar-refractivity contribution in [2.24, 2.45) is 18.7 Å². The summed E-state index contributed by atoms with van der Waals surface area (Å²) in [6.07, 6.45) is 1.04. The van der Waals surface area contributed by atoms with Gasteiger partial charge in [-0.1, -0.05) is 32.0 Å². The minimum Gasteiger partial charge on any atom is -0.348 e. The third-order valence-corrected chi connectivity index (χ3v) is 3.54. The van der Waals surface area contributed by atoms with Crippen molar-refractivity contribution < 1.29 is 0 Å². The first-order valence-electron chi connectivity index (χ1n) is 6.31. The average molecular weight is 230 g/mol. The molecule has 1 heterocycles. The van der Waals surface area contributed by atoms with Crippen LogP contribution in [-0.2, 0) is 7.05 Å². The third-order valence-electron chi connectivity index (χ3n) is 3.54. The first-order valence-corrected chi connectivity index (χ1v) is 6.31. The molecule has 0 spiro atoms. The second kappa shape index (κ2) is 4.53. The van der Waals surface area contributed by atoms with Crippen molar-refractivity contribution in [2.75, 3.05) is 0 Å². The fraction of sp³-hybridized carbons (Fsp3) is 0.467. The summed E-state index contributed by atoms with van der Waals surface area (Å²) < 4.78 is 2.24. The quantitative estimate of drug-likeness (QED) is 0.859. The molecule has 2 heteroatoms. The Kier molecular flexibility index (Phi) is 3.25. The van der Waals surface area contributed by atoms with Gasteiger partial charge in [-0.2, -0.15) is 0 Å². The monoisotopic (exact) mass is 230 g/mol. The SMILES string of the molecule is Cc1c(C(N)CC(C)C)c2ccccc2n1C. The van der Waals surface area contributed by atoms with Crippen LogP contribution in [0, 0.1) is 12.8 Å². The highest BCUT2D eigenvalue weighted by molar-refractivity contribution is 5.85. The highest BCUT2D eigenvalue weighted by Crippen LogP contribution is 2.31. The largest absolute Gasteiger partial charge is 0.348 e. The lowest BCUT2D eigenvalue weighted by Gasteiger charge is -2.15. The Labute approximate surface area is 103 Å². The molecule has 0 aliphatic heterocycles. The van der Waals surface area contributed by atoms with Crippen molar-refractivity contribution in [2.45, 2.75) is 33.2 Å². The maximum absolute atomic E-state index is 6.36. The summed E-state index contributed by atoms with van der Waals surface area (Å²) in [6.45, 7) is 6.61. The van der Waals surface area contributed by atoms with Crippen LogP contribution < -0.4 is 5.73 Å². The van der Waals surface area contributed by atoms with Crippen LogP contribution in [0.5, 0.6) is 0 Å². The van der Waals surface area contributed by atoms with Crippen molar-refractivity contribution in [3.8, 4) is 0 Å². The molecule has 0 fully saturated rings. The summed E-state index contributed by atoms with van der Waals surface area (Å²) in [5, 5.41) is 1.31. The number of nitrogens with zero attached hydrogens (tertiary/aromatic N) is 1. The fourth-order valence-electron chi connectivity index (χ4n) is 2.64. The van der Waals surface area contributed by atoms with Crippen LogP contribution >= 0.6 is 0 Å². The number of rotatable bonds is 3. The van der Waals surface area contributed by atoms with E-state index in [4.69, 9.17) is 5.73 Å². The van der Waals surface area contributed by atoms with E-state index in [9.17, 15) is 0 Å². The molecular weight excluding hydrogens is 208 g/mol. The van der Waals surface area contributed by atoms with E-state index >= 15 is 0 Å². The Morgan fingerprint density at radius 2 is 1.88 bits per heavy atom. The second-order valence-electron chi connectivity index (χ2n) is 5.31. The van der Waals surface area contributed by atoms with Crippen LogP contribution in [0.3, 0.4) is 0 Å². The van der Waals surface area contributed by atoms with Crippen LogP contribution in [0.4, 0.5) is 0 Å². The lowest BCUT2D eigenvalue weighted by atomic mass is 9.96. The van der Waals surface area contributed by atoms with Gasteiger partial charge < -0.3 is 10.3 Å². The summed E-state index contributed by atoms with van der Waals surface area (Å²) in [4.78, 5) is 0. The highest BCUT2D eigenvalue weighted by Gasteiger charge is 2.18. The lowest BCUT2D eigenvalue weighted by Crippen LogP contribution is -2.14. The molecule has 0 bridgehead atoms. The fourth-order valence-corrected chi connectivity index (χ4v) is 2.64. The van der Waals surface area contributed by atoms with Gasteiger partial charge in [-0.25, -0.2) is 0 Å². The Bertz CT molecular complexity index is 523. The van der Waals surface area contributed by atoms with Gasteiger partial charge in [0.1, 0.15) is 0 Å². The molecule has 0 saturated carbocycles. The number of para-hydroxylation sites is 1.